The van der Waals surface area contributed by atoms with Crippen LogP contribution in [-0.4, -0.2) is 11.7 Å². The first-order valence-electron chi connectivity index (χ1n) is 6.28. The van der Waals surface area contributed by atoms with E-state index in [0.29, 0.717) is 17.9 Å². The molecule has 0 radical (unpaired) electrons. The number of thioether (sulfide) groups is 1. The average Bonchev–Trinajstić information content (AvgIpc) is 2.45. The molecule has 6 heteroatoms. The van der Waals surface area contributed by atoms with E-state index in [4.69, 9.17) is 5.73 Å². The van der Waals surface area contributed by atoms with E-state index in [1.807, 2.05) is 24.3 Å². The number of carbonyl (C=O) groups excluding carboxylic acids is 1. The van der Waals surface area contributed by atoms with Crippen LogP contribution in [0.3, 0.4) is 0 Å². The average molecular weight is 369 g/mol. The van der Waals surface area contributed by atoms with Crippen LogP contribution in [0, 0.1) is 5.82 Å². The molecule has 110 valence electrons. The van der Waals surface area contributed by atoms with Crippen molar-refractivity contribution in [3.8, 4) is 0 Å². The Bertz CT molecular complexity index is 651. The third kappa shape index (κ3) is 4.75. The quantitative estimate of drug-likeness (QED) is 0.611. The topological polar surface area (TPSA) is 55.1 Å². The van der Waals surface area contributed by atoms with Crippen LogP contribution in [0.25, 0.3) is 0 Å². The third-order valence-electron chi connectivity index (χ3n) is 2.69. The highest BCUT2D eigenvalue weighted by Crippen LogP contribution is 2.27. The minimum atomic E-state index is -0.490. The molecule has 0 saturated carbocycles. The summed E-state index contributed by atoms with van der Waals surface area (Å²) in [6.07, 6.45) is 0.292. The van der Waals surface area contributed by atoms with Gasteiger partial charge in [0.25, 0.3) is 0 Å². The summed E-state index contributed by atoms with van der Waals surface area (Å²) >= 11 is 5.02. The van der Waals surface area contributed by atoms with Crippen molar-refractivity contribution in [3.63, 3.8) is 0 Å². The van der Waals surface area contributed by atoms with Crippen LogP contribution in [0.15, 0.2) is 51.8 Å². The number of nitrogen functional groups attached to an aromatic ring is 1. The Morgan fingerprint density at radius 2 is 2.05 bits per heavy atom. The molecule has 0 bridgehead atoms. The van der Waals surface area contributed by atoms with Crippen molar-refractivity contribution in [2.24, 2.45) is 0 Å². The summed E-state index contributed by atoms with van der Waals surface area (Å²) in [6.45, 7) is 0. The van der Waals surface area contributed by atoms with Crippen LogP contribution < -0.4 is 11.1 Å². The van der Waals surface area contributed by atoms with Gasteiger partial charge in [-0.15, -0.1) is 11.8 Å². The van der Waals surface area contributed by atoms with Gasteiger partial charge in [0.2, 0.25) is 5.91 Å². The predicted molar refractivity (Wildman–Crippen MR) is 88.9 cm³/mol. The Labute approximate surface area is 135 Å². The van der Waals surface area contributed by atoms with Crippen molar-refractivity contribution in [2.45, 2.75) is 11.3 Å². The van der Waals surface area contributed by atoms with Gasteiger partial charge in [-0.1, -0.05) is 12.1 Å². The molecule has 3 nitrogen and oxygen atoms in total. The lowest BCUT2D eigenvalue weighted by Crippen LogP contribution is -2.13. The highest BCUT2D eigenvalue weighted by molar-refractivity contribution is 9.10. The van der Waals surface area contributed by atoms with Gasteiger partial charge in [-0.25, -0.2) is 4.39 Å². The van der Waals surface area contributed by atoms with E-state index in [-0.39, 0.29) is 11.6 Å². The largest absolute Gasteiger partial charge is 0.399 e. The van der Waals surface area contributed by atoms with Crippen molar-refractivity contribution < 1.29 is 9.18 Å². The normalized spacial score (nSPS) is 10.4. The van der Waals surface area contributed by atoms with Gasteiger partial charge in [-0.2, -0.15) is 0 Å². The fourth-order valence-corrected chi connectivity index (χ4v) is 3.18. The number of rotatable bonds is 5. The van der Waals surface area contributed by atoms with Crippen molar-refractivity contribution in [1.82, 2.24) is 0 Å². The van der Waals surface area contributed by atoms with Crippen LogP contribution in [0.4, 0.5) is 15.8 Å². The molecule has 3 N–H and O–H groups in total. The number of nitrogens with one attached hydrogen (secondary N) is 1. The van der Waals surface area contributed by atoms with Crippen LogP contribution in [0.2, 0.25) is 0 Å². The summed E-state index contributed by atoms with van der Waals surface area (Å²) in [5, 5.41) is 2.53. The van der Waals surface area contributed by atoms with E-state index >= 15 is 0 Å². The van der Waals surface area contributed by atoms with Crippen LogP contribution >= 0.6 is 27.7 Å². The van der Waals surface area contributed by atoms with Crippen molar-refractivity contribution in [3.05, 3.63) is 52.8 Å². The van der Waals surface area contributed by atoms with E-state index in [1.165, 1.54) is 18.2 Å². The summed E-state index contributed by atoms with van der Waals surface area (Å²) in [7, 11) is 0. The molecule has 1 amide bonds. The maximum absolute atomic E-state index is 13.5. The second-order valence-corrected chi connectivity index (χ2v) is 6.31. The first kappa shape index (κ1) is 15.9. The van der Waals surface area contributed by atoms with E-state index in [9.17, 15) is 9.18 Å². The summed E-state index contributed by atoms with van der Waals surface area (Å²) < 4.78 is 14.5. The molecule has 2 aromatic carbocycles. The fourth-order valence-electron chi connectivity index (χ4n) is 1.67. The zero-order valence-electron chi connectivity index (χ0n) is 11.1. The van der Waals surface area contributed by atoms with E-state index in [0.717, 1.165) is 9.37 Å². The number of benzene rings is 2. The van der Waals surface area contributed by atoms with E-state index < -0.39 is 5.82 Å². The maximum Gasteiger partial charge on any atom is 0.225 e. The summed E-state index contributed by atoms with van der Waals surface area (Å²) in [4.78, 5) is 12.9. The first-order valence-corrected chi connectivity index (χ1v) is 8.06. The molecule has 0 aromatic heterocycles. The number of amides is 1. The van der Waals surface area contributed by atoms with Gasteiger partial charge in [0.15, 0.2) is 0 Å². The molecular formula is C15H14BrFN2OS. The number of carbonyl (C=O) groups is 1. The van der Waals surface area contributed by atoms with E-state index in [1.54, 1.807) is 11.8 Å². The Morgan fingerprint density at radius 1 is 1.29 bits per heavy atom. The smallest absolute Gasteiger partial charge is 0.225 e. The summed E-state index contributed by atoms with van der Waals surface area (Å²) in [6, 6.07) is 11.9. The van der Waals surface area contributed by atoms with Crippen LogP contribution in [-0.2, 0) is 4.79 Å². The summed E-state index contributed by atoms with van der Waals surface area (Å²) in [5.41, 5.74) is 6.10. The third-order valence-corrected chi connectivity index (χ3v) is 4.72. The second-order valence-electron chi connectivity index (χ2n) is 4.32. The number of hydrogen-bond acceptors (Lipinski definition) is 3. The Kier molecular flexibility index (Phi) is 5.64. The Balaban J connectivity index is 1.85. The molecule has 0 aliphatic rings. The van der Waals surface area contributed by atoms with Gasteiger partial charge < -0.3 is 11.1 Å². The predicted octanol–water partition coefficient (Wildman–Crippen LogP) is 4.29. The molecule has 0 aliphatic heterocycles. The van der Waals surface area contributed by atoms with Crippen LogP contribution in [0.1, 0.15) is 6.42 Å². The van der Waals surface area contributed by atoms with Crippen molar-refractivity contribution in [2.75, 3.05) is 16.8 Å². The molecule has 0 unspecified atom stereocenters. The Morgan fingerprint density at radius 3 is 2.81 bits per heavy atom. The van der Waals surface area contributed by atoms with Crippen molar-refractivity contribution >= 4 is 45.0 Å². The van der Waals surface area contributed by atoms with Gasteiger partial charge in [0.1, 0.15) is 5.82 Å². The molecule has 21 heavy (non-hydrogen) atoms. The molecule has 0 atom stereocenters. The molecule has 0 spiro atoms. The number of halogens is 2. The molecule has 0 heterocycles. The Hall–Kier alpha value is -1.53. The maximum atomic E-state index is 13.5. The molecule has 0 saturated heterocycles. The highest BCUT2D eigenvalue weighted by Gasteiger charge is 2.08. The molecule has 0 fully saturated rings. The zero-order valence-corrected chi connectivity index (χ0v) is 13.5. The minimum Gasteiger partial charge on any atom is -0.399 e. The highest BCUT2D eigenvalue weighted by atomic mass is 79.9. The fraction of sp³-hybridized carbons (Fsp3) is 0.133. The standard InChI is InChI=1S/C15H14BrFN2OS/c16-11-3-1-2-4-14(11)21-8-7-15(20)19-13-9-10(18)5-6-12(13)17/h1-6,9H,7-8,18H2,(H,19,20). The van der Waals surface area contributed by atoms with Gasteiger partial charge >= 0.3 is 0 Å². The van der Waals surface area contributed by atoms with Gasteiger partial charge in [-0.3, -0.25) is 4.79 Å². The lowest BCUT2D eigenvalue weighted by molar-refractivity contribution is -0.115. The van der Waals surface area contributed by atoms with Gasteiger partial charge in [-0.05, 0) is 46.3 Å². The monoisotopic (exact) mass is 368 g/mol. The minimum absolute atomic E-state index is 0.117. The van der Waals surface area contributed by atoms with Crippen LogP contribution in [0.5, 0.6) is 0 Å². The van der Waals surface area contributed by atoms with E-state index in [2.05, 4.69) is 21.2 Å². The van der Waals surface area contributed by atoms with Gasteiger partial charge in [0.05, 0.1) is 5.69 Å². The first-order chi connectivity index (χ1) is 10.1. The molecular weight excluding hydrogens is 355 g/mol. The zero-order chi connectivity index (χ0) is 15.2. The van der Waals surface area contributed by atoms with Crippen molar-refractivity contribution in [1.29, 1.82) is 0 Å². The number of nitrogens with two attached hydrogens (primary N) is 1. The summed E-state index contributed by atoms with van der Waals surface area (Å²) in [5.74, 6) is -0.117. The SMILES string of the molecule is Nc1ccc(F)c(NC(=O)CCSc2ccccc2Br)c1. The molecule has 0 aliphatic carbocycles. The number of hydrogen-bond donors (Lipinski definition) is 2. The lowest BCUT2D eigenvalue weighted by atomic mass is 10.2. The molecule has 2 rings (SSSR count). The number of anilines is 2. The van der Waals surface area contributed by atoms with Gasteiger partial charge in [0, 0.05) is 27.2 Å². The molecule has 2 aromatic rings. The second kappa shape index (κ2) is 7.47. The lowest BCUT2D eigenvalue weighted by Gasteiger charge is -2.07.